The van der Waals surface area contributed by atoms with Crippen LogP contribution in [-0.4, -0.2) is 69.4 Å². The third-order valence-corrected chi connectivity index (χ3v) is 28.8. The van der Waals surface area contributed by atoms with Gasteiger partial charge in [0, 0.05) is 115 Å². The number of aryl methyl sites for hydroxylation is 1. The minimum Gasteiger partial charge on any atom is -0.744 e. The molecular formula is C129H136N3O12S+. The van der Waals surface area contributed by atoms with Crippen molar-refractivity contribution in [1.82, 2.24) is 4.58 Å². The molecule has 5 heterocycles. The van der Waals surface area contributed by atoms with Gasteiger partial charge in [0.15, 0.2) is 5.60 Å². The van der Waals surface area contributed by atoms with Crippen molar-refractivity contribution < 1.29 is 55.9 Å². The van der Waals surface area contributed by atoms with E-state index in [4.69, 9.17) is 23.0 Å². The number of hydrogen-bond acceptors (Lipinski definition) is 13. The van der Waals surface area contributed by atoms with E-state index in [1.54, 1.807) is 30.3 Å². The van der Waals surface area contributed by atoms with Gasteiger partial charge in [-0.25, -0.2) is 22.6 Å². The molecule has 0 bridgehead atoms. The zero-order chi connectivity index (χ0) is 104. The van der Waals surface area contributed by atoms with E-state index < -0.39 is 21.7 Å². The van der Waals surface area contributed by atoms with Crippen LogP contribution in [0.3, 0.4) is 0 Å². The second-order valence-electron chi connectivity index (χ2n) is 44.7. The molecule has 744 valence electrons. The third kappa shape index (κ3) is 20.9. The molecule has 0 atom stereocenters. The van der Waals surface area contributed by atoms with Crippen molar-refractivity contribution in [1.29, 1.82) is 0 Å². The Morgan fingerprint density at radius 2 is 0.952 bits per heavy atom. The van der Waals surface area contributed by atoms with Gasteiger partial charge in [0.25, 0.3) is 0 Å². The maximum absolute atomic E-state index is 12.9. The number of carbonyl (C=O) groups is 1. The first kappa shape index (κ1) is 103. The number of fused-ring (bicyclic) bond motifs is 12. The fourth-order valence-corrected chi connectivity index (χ4v) is 21.1. The molecule has 1 aromatic heterocycles. The maximum atomic E-state index is 12.9. The second-order valence-corrected chi connectivity index (χ2v) is 46.0. The fourth-order valence-electron chi connectivity index (χ4n) is 20.4. The van der Waals surface area contributed by atoms with Crippen molar-refractivity contribution in [2.24, 2.45) is 0 Å². The number of hydrogen-bond donors (Lipinski definition) is 3. The summed E-state index contributed by atoms with van der Waals surface area (Å²) in [4.78, 5) is 28.0. The summed E-state index contributed by atoms with van der Waals surface area (Å²) >= 11 is 0. The molecule has 4 aliphatic heterocycles. The molecule has 3 N–H and O–H groups in total. The lowest BCUT2D eigenvalue weighted by Crippen LogP contribution is -3.00. The first-order valence-electron chi connectivity index (χ1n) is 50.3. The molecule has 16 aromatic rings. The first-order chi connectivity index (χ1) is 68.4. The Bertz CT molecular complexity index is 8330. The van der Waals surface area contributed by atoms with Crippen LogP contribution in [0, 0.1) is 6.92 Å². The number of esters is 1. The Balaban J connectivity index is 0.000000128. The molecular weight excluding hydrogens is 1820 g/mol. The van der Waals surface area contributed by atoms with Crippen LogP contribution in [0.15, 0.2) is 310 Å². The summed E-state index contributed by atoms with van der Waals surface area (Å²) in [5, 5.41) is 35.8. The number of quaternary nitrogens is 1. The number of nitrogens with zero attached hydrogens (tertiary/aromatic N) is 2. The Kier molecular flexibility index (Phi) is 28.5. The van der Waals surface area contributed by atoms with Gasteiger partial charge in [-0.15, -0.1) is 0 Å². The summed E-state index contributed by atoms with van der Waals surface area (Å²) in [5.41, 5.74) is 18.0. The molecule has 15 aromatic carbocycles. The average molecular weight is 1950 g/mol. The van der Waals surface area contributed by atoms with Gasteiger partial charge in [-0.1, -0.05) is 295 Å². The standard InChI is InChI=1S/C31H38N2O4S.C25H24O.C24H20O5.C20H18.C16H21N.C13H14O2/c1-8-32(9-2)22-13-16-24-27(19-22)37-28-20-23(33(10-3)11-4)14-17-25(28)30(24)26-15-12-21(31(5,6)7)18-29(26)38(34,35)36;1-16-10-12-19-22(14-16)26-23-15-17(2)11-13-20(23)24(19)18-8-6-7-9-21(18)25(3,4)5;1-23(2,3)13-4-7-16-19(10-13)24(29-22(16)27)17-8-5-14(25)11-20(17)28-21-12-15(26)6-9-18(21)24;1-20(2,3)17-12-10-15-8-7-13-5-4-6-14-9-11-16(17)19(15)18(13)14;1-16(2,3)14-10-6-9-13-12(14)8-7-11-15(13)17(4)5;1-13(2,3)10-8-9-6-4-5-7-11(9)15-12(10)14/h12-20H,8-11H2,1-7H3;6-15H,1H2,2-5H3;4-12,25-26H,1-3H3;4-12H,1-3H3;6-11H,1-5H3;4-8H,1-3H3/p+1. The van der Waals surface area contributed by atoms with E-state index in [0.29, 0.717) is 56.2 Å². The van der Waals surface area contributed by atoms with E-state index in [-0.39, 0.29) is 54.5 Å². The number of rotatable bonds is 9. The molecule has 5 aliphatic rings. The zero-order valence-corrected chi connectivity index (χ0v) is 89.3. The van der Waals surface area contributed by atoms with Crippen LogP contribution in [0.2, 0.25) is 0 Å². The molecule has 145 heavy (non-hydrogen) atoms. The summed E-state index contributed by atoms with van der Waals surface area (Å²) in [6.07, 6.45) is 0. The number of phenolic OH excluding ortho intramolecular Hbond substituents is 2. The summed E-state index contributed by atoms with van der Waals surface area (Å²) in [7, 11) is -0.400. The van der Waals surface area contributed by atoms with Gasteiger partial charge in [0.1, 0.15) is 80.3 Å². The Morgan fingerprint density at radius 3 is 1.57 bits per heavy atom. The SMILES string of the molecule is C=c1ccc2c(c1)Oc1cc(C)ccc1C=2c1ccccc1C(C)(C)C.CC(C)(C)c1cc2ccccc2oc1=O.CC(C)(C)c1ccc2c(c1)C1(OC2=O)c2ccc(O)cc2Oc2cc(O)ccc21.CC(C)(C)c1ccc2ccc3cccc4ccc1c2c34.CCN(CC)c1ccc2c(-c3ccc(C(C)(C)C)cc3S(=O)(=O)[O-])c3ccc(=[N+](CC)CC)cc-3oc2c1.C[NH+](C)c1cccc2c(C(C)(C)C)cccc12. The number of aromatic hydroxyl groups is 2. The quantitative estimate of drug-likeness (QED) is 0.0309. The average Bonchev–Trinajstić information content (AvgIpc) is 1.51. The van der Waals surface area contributed by atoms with E-state index in [1.807, 2.05) is 139 Å². The largest absolute Gasteiger partial charge is 0.744 e. The molecule has 15 nitrogen and oxygen atoms in total. The number of ether oxygens (including phenoxy) is 3. The highest BCUT2D eigenvalue weighted by atomic mass is 32.2. The van der Waals surface area contributed by atoms with Crippen LogP contribution < -0.4 is 45.3 Å². The van der Waals surface area contributed by atoms with Crippen molar-refractivity contribution >= 4 is 105 Å². The second kappa shape index (κ2) is 39.9. The number of nitrogens with one attached hydrogen (secondary N) is 1. The van der Waals surface area contributed by atoms with E-state index in [2.05, 4.69) is 293 Å². The van der Waals surface area contributed by atoms with Crippen molar-refractivity contribution in [2.75, 3.05) is 45.2 Å². The van der Waals surface area contributed by atoms with Gasteiger partial charge in [-0.2, -0.15) is 0 Å². The topological polar surface area (TPSA) is 196 Å². The van der Waals surface area contributed by atoms with E-state index in [0.717, 1.165) is 103 Å². The number of carbonyl (C=O) groups excluding carboxylic acids is 1. The Labute approximate surface area is 853 Å². The van der Waals surface area contributed by atoms with Gasteiger partial charge in [0.05, 0.1) is 30.6 Å². The van der Waals surface area contributed by atoms with Crippen LogP contribution in [-0.2, 0) is 52.9 Å². The Morgan fingerprint density at radius 1 is 0.414 bits per heavy atom. The molecule has 0 unspecified atom stereocenters. The summed E-state index contributed by atoms with van der Waals surface area (Å²) in [6.45, 7) is 56.8. The monoisotopic (exact) mass is 1950 g/mol. The van der Waals surface area contributed by atoms with Crippen LogP contribution in [0.25, 0.3) is 99.6 Å². The van der Waals surface area contributed by atoms with Gasteiger partial charge in [-0.3, -0.25) is 0 Å². The van der Waals surface area contributed by atoms with E-state index >= 15 is 0 Å². The summed E-state index contributed by atoms with van der Waals surface area (Å²) in [6, 6.07) is 96.8. The highest BCUT2D eigenvalue weighted by Crippen LogP contribution is 2.58. The van der Waals surface area contributed by atoms with Gasteiger partial charge < -0.3 is 47.6 Å². The number of phenols is 2. The lowest BCUT2D eigenvalue weighted by Gasteiger charge is -2.37. The normalized spacial score (nSPS) is 13.2. The molecule has 0 saturated carbocycles. The lowest BCUT2D eigenvalue weighted by atomic mass is 9.75. The molecule has 16 heteroatoms. The summed E-state index contributed by atoms with van der Waals surface area (Å²) in [5.74, 6) is 2.86. The number of anilines is 1. The van der Waals surface area contributed by atoms with Crippen LogP contribution >= 0.6 is 0 Å². The minimum atomic E-state index is -4.76. The van der Waals surface area contributed by atoms with E-state index in [9.17, 15) is 32.8 Å². The van der Waals surface area contributed by atoms with Crippen molar-refractivity contribution in [3.63, 3.8) is 0 Å². The predicted octanol–water partition coefficient (Wildman–Crippen LogP) is 28.0. The van der Waals surface area contributed by atoms with Gasteiger partial charge >= 0.3 is 11.6 Å². The predicted molar refractivity (Wildman–Crippen MR) is 596 cm³/mol. The van der Waals surface area contributed by atoms with Crippen molar-refractivity contribution in [3.05, 3.63) is 390 Å². The Hall–Kier alpha value is -14.4. The smallest absolute Gasteiger partial charge is 0.340 e. The molecule has 0 saturated heterocycles. The minimum absolute atomic E-state index is 0.0375. The van der Waals surface area contributed by atoms with E-state index in [1.165, 1.54) is 105 Å². The van der Waals surface area contributed by atoms with Crippen molar-refractivity contribution in [3.8, 4) is 56.9 Å². The summed E-state index contributed by atoms with van der Waals surface area (Å²) < 4.78 is 70.2. The van der Waals surface area contributed by atoms with Crippen LogP contribution in [0.4, 0.5) is 11.4 Å². The zero-order valence-electron chi connectivity index (χ0n) is 88.5. The molecule has 0 fully saturated rings. The first-order valence-corrected chi connectivity index (χ1v) is 51.8. The molecule has 1 aliphatic carbocycles. The highest BCUT2D eigenvalue weighted by Gasteiger charge is 2.54. The maximum Gasteiger partial charge on any atom is 0.340 e. The highest BCUT2D eigenvalue weighted by molar-refractivity contribution is 7.86. The molecule has 1 spiro atoms. The fraction of sp³-hybridized carbons (Fsp3) is 0.279. The lowest BCUT2D eigenvalue weighted by molar-refractivity contribution is -0.785. The van der Waals surface area contributed by atoms with Crippen LogP contribution in [0.1, 0.15) is 229 Å². The van der Waals surface area contributed by atoms with Gasteiger partial charge in [-0.05, 0) is 246 Å². The molecule has 0 amide bonds. The van der Waals surface area contributed by atoms with Crippen molar-refractivity contribution in [2.45, 2.75) is 202 Å². The third-order valence-electron chi connectivity index (χ3n) is 28.0. The van der Waals surface area contributed by atoms with Gasteiger partial charge in [0.2, 0.25) is 5.36 Å². The molecule has 0 radical (unpaired) electrons. The van der Waals surface area contributed by atoms with Crippen LogP contribution in [0.5, 0.6) is 34.5 Å². The molecule has 21 rings (SSSR count). The number of para-hydroxylation sites is 1. The number of benzene rings is 16.